The highest BCUT2D eigenvalue weighted by atomic mass is 16.3. The number of para-hydroxylation sites is 3. The summed E-state index contributed by atoms with van der Waals surface area (Å²) in [5, 5.41) is 7.49. The molecule has 0 bridgehead atoms. The first-order chi connectivity index (χ1) is 25.7. The van der Waals surface area contributed by atoms with E-state index in [1.165, 1.54) is 114 Å². The lowest BCUT2D eigenvalue weighted by Gasteiger charge is -2.41. The van der Waals surface area contributed by atoms with Crippen LogP contribution in [0.2, 0.25) is 0 Å². The third kappa shape index (κ3) is 4.15. The monoisotopic (exact) mass is 670 g/mol. The standard InChI is InChI=1S/C48H39BN2O/c1-3-5-14-30-24-31(15-6-4-2)26-34(25-30)50-42-28-33-17-8-7-16-32(33)27-40(42)49-46-39(29-44-45(48(46)50)38-19-10-12-23-43(38)52-44)37-21-13-20-36-35-18-9-11-22-41(35)51(49)47(36)37/h7-13,16-29H,3-6,14-15H2,1-2H3. The van der Waals surface area contributed by atoms with Crippen molar-refractivity contribution in [3.05, 3.63) is 139 Å². The summed E-state index contributed by atoms with van der Waals surface area (Å²) in [7, 11) is 0. The number of unbranched alkanes of at least 4 members (excludes halogenated alkanes) is 2. The normalized spacial score (nSPS) is 13.2. The van der Waals surface area contributed by atoms with Gasteiger partial charge in [0.05, 0.1) is 11.1 Å². The number of benzene rings is 7. The topological polar surface area (TPSA) is 21.3 Å². The molecule has 2 aliphatic heterocycles. The van der Waals surface area contributed by atoms with Crippen molar-refractivity contribution in [2.75, 3.05) is 4.90 Å². The maximum absolute atomic E-state index is 6.83. The van der Waals surface area contributed by atoms with E-state index in [-0.39, 0.29) is 6.85 Å². The zero-order chi connectivity index (χ0) is 34.5. The number of anilines is 3. The van der Waals surface area contributed by atoms with E-state index >= 15 is 0 Å². The molecule has 0 fully saturated rings. The van der Waals surface area contributed by atoms with Crippen molar-refractivity contribution in [3.8, 4) is 11.1 Å². The number of nitrogens with zero attached hydrogens (tertiary/aromatic N) is 2. The van der Waals surface area contributed by atoms with E-state index < -0.39 is 0 Å². The van der Waals surface area contributed by atoms with Crippen molar-refractivity contribution >= 4 is 89.4 Å². The van der Waals surface area contributed by atoms with E-state index in [0.29, 0.717) is 0 Å². The van der Waals surface area contributed by atoms with Gasteiger partial charge in [0, 0.05) is 44.1 Å². The van der Waals surface area contributed by atoms with Crippen LogP contribution < -0.4 is 15.8 Å². The summed E-state index contributed by atoms with van der Waals surface area (Å²) in [6.07, 6.45) is 6.91. The summed E-state index contributed by atoms with van der Waals surface area (Å²) in [6.45, 7) is 4.58. The molecule has 2 aromatic heterocycles. The van der Waals surface area contributed by atoms with Crippen molar-refractivity contribution in [2.24, 2.45) is 0 Å². The lowest BCUT2D eigenvalue weighted by atomic mass is 9.44. The second-order valence-corrected chi connectivity index (χ2v) is 15.0. The molecule has 0 saturated heterocycles. The van der Waals surface area contributed by atoms with Gasteiger partial charge in [-0.05, 0) is 100 Å². The fraction of sp³-hybridized carbons (Fsp3) is 0.167. The molecule has 0 spiro atoms. The molecule has 4 heterocycles. The lowest BCUT2D eigenvalue weighted by Crippen LogP contribution is -2.56. The lowest BCUT2D eigenvalue weighted by molar-refractivity contribution is 0.669. The Kier molecular flexibility index (Phi) is 6.56. The molecule has 4 heteroatoms. The molecule has 11 rings (SSSR count). The molecule has 0 amide bonds. The quantitative estimate of drug-likeness (QED) is 0.157. The second kappa shape index (κ2) is 11.4. The fourth-order valence-electron chi connectivity index (χ4n) is 9.54. The van der Waals surface area contributed by atoms with Gasteiger partial charge >= 0.3 is 6.85 Å². The van der Waals surface area contributed by atoms with Crippen LogP contribution in [0.25, 0.3) is 65.6 Å². The molecular weight excluding hydrogens is 631 g/mol. The van der Waals surface area contributed by atoms with Crippen LogP contribution in [0.4, 0.5) is 17.1 Å². The highest BCUT2D eigenvalue weighted by Crippen LogP contribution is 2.50. The van der Waals surface area contributed by atoms with Crippen LogP contribution in [0.1, 0.15) is 50.7 Å². The Hall–Kier alpha value is -5.74. The first-order valence-corrected chi connectivity index (χ1v) is 19.2. The average Bonchev–Trinajstić information content (AvgIpc) is 3.73. The highest BCUT2D eigenvalue weighted by Gasteiger charge is 2.44. The molecule has 0 aliphatic carbocycles. The van der Waals surface area contributed by atoms with Gasteiger partial charge in [0.2, 0.25) is 0 Å². The molecular formula is C48H39BN2O. The molecule has 2 aliphatic rings. The van der Waals surface area contributed by atoms with Gasteiger partial charge in [-0.2, -0.15) is 0 Å². The Morgan fingerprint density at radius 3 is 2.08 bits per heavy atom. The number of fused-ring (bicyclic) bond motifs is 12. The van der Waals surface area contributed by atoms with Crippen LogP contribution in [0, 0.1) is 0 Å². The highest BCUT2D eigenvalue weighted by molar-refractivity contribution is 6.90. The number of aryl methyl sites for hydroxylation is 2. The maximum Gasteiger partial charge on any atom is 0.333 e. The molecule has 0 saturated carbocycles. The van der Waals surface area contributed by atoms with Crippen LogP contribution in [0.5, 0.6) is 0 Å². The molecule has 0 N–H and O–H groups in total. The van der Waals surface area contributed by atoms with Crippen molar-refractivity contribution in [1.82, 2.24) is 4.48 Å². The molecule has 9 aromatic rings. The zero-order valence-electron chi connectivity index (χ0n) is 29.7. The summed E-state index contributed by atoms with van der Waals surface area (Å²) >= 11 is 0. The summed E-state index contributed by atoms with van der Waals surface area (Å²) < 4.78 is 9.49. The Morgan fingerprint density at radius 2 is 1.29 bits per heavy atom. The number of furan rings is 1. The van der Waals surface area contributed by atoms with Crippen LogP contribution in [-0.2, 0) is 12.8 Å². The van der Waals surface area contributed by atoms with E-state index in [9.17, 15) is 0 Å². The number of hydrogen-bond acceptors (Lipinski definition) is 2. The largest absolute Gasteiger partial charge is 0.456 e. The minimum atomic E-state index is -0.0148. The smallest absolute Gasteiger partial charge is 0.333 e. The molecule has 52 heavy (non-hydrogen) atoms. The van der Waals surface area contributed by atoms with Gasteiger partial charge in [-0.25, -0.2) is 0 Å². The van der Waals surface area contributed by atoms with Crippen LogP contribution in [-0.4, -0.2) is 11.3 Å². The number of aromatic nitrogens is 1. The molecule has 0 radical (unpaired) electrons. The van der Waals surface area contributed by atoms with Gasteiger partial charge in [-0.3, -0.25) is 0 Å². The Morgan fingerprint density at radius 1 is 0.596 bits per heavy atom. The van der Waals surface area contributed by atoms with Gasteiger partial charge in [-0.15, -0.1) is 0 Å². The summed E-state index contributed by atoms with van der Waals surface area (Å²) in [6, 6.07) is 48.1. The summed E-state index contributed by atoms with van der Waals surface area (Å²) in [5.41, 5.74) is 16.3. The van der Waals surface area contributed by atoms with E-state index in [1.54, 1.807) is 0 Å². The van der Waals surface area contributed by atoms with Crippen molar-refractivity contribution in [3.63, 3.8) is 0 Å². The van der Waals surface area contributed by atoms with Gasteiger partial charge in [0.15, 0.2) is 0 Å². The zero-order valence-corrected chi connectivity index (χ0v) is 29.7. The van der Waals surface area contributed by atoms with Gasteiger partial charge in [0.25, 0.3) is 0 Å². The molecule has 3 nitrogen and oxygen atoms in total. The minimum absolute atomic E-state index is 0.0148. The van der Waals surface area contributed by atoms with E-state index in [0.717, 1.165) is 29.4 Å². The number of rotatable bonds is 7. The fourth-order valence-corrected chi connectivity index (χ4v) is 9.54. The van der Waals surface area contributed by atoms with Crippen molar-refractivity contribution in [2.45, 2.75) is 52.4 Å². The first kappa shape index (κ1) is 29.9. The van der Waals surface area contributed by atoms with Crippen LogP contribution in [0.3, 0.4) is 0 Å². The predicted octanol–water partition coefficient (Wildman–Crippen LogP) is 11.9. The third-order valence-electron chi connectivity index (χ3n) is 11.8. The predicted molar refractivity (Wildman–Crippen MR) is 222 cm³/mol. The maximum atomic E-state index is 6.83. The van der Waals surface area contributed by atoms with Gasteiger partial charge < -0.3 is 13.8 Å². The number of hydrogen-bond donors (Lipinski definition) is 0. The average molecular weight is 671 g/mol. The van der Waals surface area contributed by atoms with Crippen molar-refractivity contribution < 1.29 is 4.42 Å². The molecule has 0 unspecified atom stereocenters. The minimum Gasteiger partial charge on any atom is -0.456 e. The Bertz CT molecular complexity index is 2890. The van der Waals surface area contributed by atoms with Crippen molar-refractivity contribution in [1.29, 1.82) is 0 Å². The molecule has 0 atom stereocenters. The summed E-state index contributed by atoms with van der Waals surface area (Å²) in [5.74, 6) is 0. The molecule has 7 aromatic carbocycles. The molecule has 250 valence electrons. The third-order valence-corrected chi connectivity index (χ3v) is 11.8. The van der Waals surface area contributed by atoms with Crippen LogP contribution >= 0.6 is 0 Å². The van der Waals surface area contributed by atoms with Gasteiger partial charge in [-0.1, -0.05) is 118 Å². The van der Waals surface area contributed by atoms with E-state index in [4.69, 9.17) is 4.42 Å². The Balaban J connectivity index is 1.34. The SMILES string of the molecule is CCCCc1cc(CCCC)cc(N2c3cc4ccccc4cc3B3c4c(cc5oc6ccccc6c5c42)-c2cccc4c5ccccc5n3c24)c1. The van der Waals surface area contributed by atoms with E-state index in [1.807, 2.05) is 0 Å². The first-order valence-electron chi connectivity index (χ1n) is 19.2. The Labute approximate surface area is 304 Å². The van der Waals surface area contributed by atoms with Crippen LogP contribution in [0.15, 0.2) is 132 Å². The summed E-state index contributed by atoms with van der Waals surface area (Å²) in [4.78, 5) is 2.63. The second-order valence-electron chi connectivity index (χ2n) is 15.0. The van der Waals surface area contributed by atoms with E-state index in [2.05, 4.69) is 151 Å². The van der Waals surface area contributed by atoms with Gasteiger partial charge in [0.1, 0.15) is 11.2 Å².